The van der Waals surface area contributed by atoms with Crippen molar-refractivity contribution in [2.45, 2.75) is 34.2 Å². The Bertz CT molecular complexity index is 1010. The molecular weight excluding hydrogens is 370 g/mol. The number of aromatic nitrogens is 1. The van der Waals surface area contributed by atoms with E-state index in [1.54, 1.807) is 6.26 Å². The highest BCUT2D eigenvalue weighted by atomic mass is 16.5. The third kappa shape index (κ3) is 5.52. The van der Waals surface area contributed by atoms with Crippen molar-refractivity contribution in [3.05, 3.63) is 96.3 Å². The third-order valence-electron chi connectivity index (χ3n) is 4.82. The molecule has 1 heterocycles. The Kier molecular flexibility index (Phi) is 9.17. The lowest BCUT2D eigenvalue weighted by atomic mass is 10.1. The van der Waals surface area contributed by atoms with Crippen molar-refractivity contribution >= 4 is 10.9 Å². The predicted molar refractivity (Wildman–Crippen MR) is 129 cm³/mol. The van der Waals surface area contributed by atoms with Crippen molar-refractivity contribution in [1.82, 2.24) is 4.57 Å². The van der Waals surface area contributed by atoms with Crippen LogP contribution >= 0.6 is 0 Å². The number of fused-ring (bicyclic) bond motifs is 1. The Morgan fingerprint density at radius 2 is 1.83 bits per heavy atom. The van der Waals surface area contributed by atoms with E-state index < -0.39 is 0 Å². The lowest BCUT2D eigenvalue weighted by molar-refractivity contribution is 0.166. The summed E-state index contributed by atoms with van der Waals surface area (Å²) in [7, 11) is 0. The summed E-state index contributed by atoms with van der Waals surface area (Å²) in [6.45, 7) is 13.3. The maximum absolute atomic E-state index is 8.78. The van der Waals surface area contributed by atoms with Gasteiger partial charge in [-0.3, -0.25) is 0 Å². The van der Waals surface area contributed by atoms with Crippen molar-refractivity contribution in [2.24, 2.45) is 0 Å². The molecule has 2 aromatic carbocycles. The van der Waals surface area contributed by atoms with Crippen LogP contribution in [0.5, 0.6) is 0 Å². The molecule has 3 nitrogen and oxygen atoms in total. The third-order valence-corrected chi connectivity index (χ3v) is 4.82. The van der Waals surface area contributed by atoms with Crippen LogP contribution in [0, 0.1) is 13.8 Å². The van der Waals surface area contributed by atoms with Crippen LogP contribution in [0.2, 0.25) is 0 Å². The van der Waals surface area contributed by atoms with E-state index in [2.05, 4.69) is 67.5 Å². The second-order valence-corrected chi connectivity index (χ2v) is 6.82. The van der Waals surface area contributed by atoms with Gasteiger partial charge in [0.15, 0.2) is 0 Å². The normalized spacial score (nSPS) is 11.4. The lowest BCUT2D eigenvalue weighted by Gasteiger charge is -2.13. The SMILES string of the molecule is C=C/C(=C\C=C\OCCO)Cn1c(-c2ccccc2)c(C)c2cc(C)ccc21.CC. The molecular formula is C27H33NO2. The smallest absolute Gasteiger partial charge is 0.110 e. The molecule has 0 aliphatic rings. The van der Waals surface area contributed by atoms with Crippen molar-refractivity contribution in [1.29, 1.82) is 0 Å². The highest BCUT2D eigenvalue weighted by Crippen LogP contribution is 2.34. The fourth-order valence-corrected chi connectivity index (χ4v) is 3.48. The molecule has 0 fully saturated rings. The molecule has 158 valence electrons. The standard InChI is InChI=1S/C25H27NO2.C2H6/c1-4-21(9-8-15-28-16-14-27)18-26-24-13-12-19(2)17-23(24)20(3)25(26)22-10-6-5-7-11-22;1-2/h4-13,15,17,27H,1,14,16,18H2,2-3H3;1-2H3/b15-8+,21-9+;. The van der Waals surface area contributed by atoms with Crippen LogP contribution < -0.4 is 0 Å². The number of nitrogens with zero attached hydrogens (tertiary/aromatic N) is 1. The molecule has 30 heavy (non-hydrogen) atoms. The summed E-state index contributed by atoms with van der Waals surface area (Å²) in [5.41, 5.74) is 7.29. The lowest BCUT2D eigenvalue weighted by Crippen LogP contribution is -2.02. The number of allylic oxidation sites excluding steroid dienone is 4. The summed E-state index contributed by atoms with van der Waals surface area (Å²) in [6, 6.07) is 17.1. The molecule has 0 saturated heterocycles. The molecule has 3 rings (SSSR count). The molecule has 0 saturated carbocycles. The molecule has 0 aliphatic heterocycles. The first-order valence-electron chi connectivity index (χ1n) is 10.5. The van der Waals surface area contributed by atoms with Gasteiger partial charge in [0.1, 0.15) is 6.61 Å². The summed E-state index contributed by atoms with van der Waals surface area (Å²) in [6.07, 6.45) is 7.31. The minimum absolute atomic E-state index is 0.0108. The number of aryl methyl sites for hydroxylation is 2. The number of aliphatic hydroxyl groups excluding tert-OH is 1. The van der Waals surface area contributed by atoms with Crippen molar-refractivity contribution < 1.29 is 9.84 Å². The zero-order valence-corrected chi connectivity index (χ0v) is 18.6. The number of hydrogen-bond acceptors (Lipinski definition) is 2. The van der Waals surface area contributed by atoms with E-state index in [1.807, 2.05) is 38.1 Å². The number of aliphatic hydroxyl groups is 1. The van der Waals surface area contributed by atoms with Crippen LogP contribution in [0.25, 0.3) is 22.2 Å². The molecule has 0 spiro atoms. The Labute approximate surface area is 180 Å². The monoisotopic (exact) mass is 403 g/mol. The minimum atomic E-state index is 0.0108. The summed E-state index contributed by atoms with van der Waals surface area (Å²) < 4.78 is 7.55. The quantitative estimate of drug-likeness (QED) is 0.262. The van der Waals surface area contributed by atoms with Crippen LogP contribution in [0.4, 0.5) is 0 Å². The fourth-order valence-electron chi connectivity index (χ4n) is 3.48. The molecule has 3 aromatic rings. The van der Waals surface area contributed by atoms with Gasteiger partial charge in [-0.15, -0.1) is 0 Å². The number of rotatable bonds is 8. The predicted octanol–water partition coefficient (Wildman–Crippen LogP) is 6.59. The fraction of sp³-hybridized carbons (Fsp3) is 0.259. The average Bonchev–Trinajstić information content (AvgIpc) is 3.05. The van der Waals surface area contributed by atoms with E-state index in [1.165, 1.54) is 33.3 Å². The van der Waals surface area contributed by atoms with E-state index in [-0.39, 0.29) is 6.61 Å². The Morgan fingerprint density at radius 1 is 1.10 bits per heavy atom. The second-order valence-electron chi connectivity index (χ2n) is 6.82. The molecule has 0 bridgehead atoms. The summed E-state index contributed by atoms with van der Waals surface area (Å²) in [5.74, 6) is 0. The van der Waals surface area contributed by atoms with Gasteiger partial charge in [0.05, 0.1) is 18.6 Å². The van der Waals surface area contributed by atoms with Gasteiger partial charge in [0.2, 0.25) is 0 Å². The van der Waals surface area contributed by atoms with Crippen LogP contribution in [-0.4, -0.2) is 22.9 Å². The van der Waals surface area contributed by atoms with Gasteiger partial charge < -0.3 is 14.4 Å². The van der Waals surface area contributed by atoms with Crippen LogP contribution in [0.15, 0.2) is 85.2 Å². The highest BCUT2D eigenvalue weighted by molar-refractivity contribution is 5.92. The Balaban J connectivity index is 0.00000155. The van der Waals surface area contributed by atoms with E-state index in [9.17, 15) is 0 Å². The maximum atomic E-state index is 8.78. The minimum Gasteiger partial charge on any atom is -0.499 e. The van der Waals surface area contributed by atoms with E-state index in [4.69, 9.17) is 9.84 Å². The van der Waals surface area contributed by atoms with Gasteiger partial charge in [-0.05, 0) is 48.8 Å². The van der Waals surface area contributed by atoms with Crippen molar-refractivity contribution in [2.75, 3.05) is 13.2 Å². The van der Waals surface area contributed by atoms with Gasteiger partial charge in [-0.1, -0.05) is 74.5 Å². The summed E-state index contributed by atoms with van der Waals surface area (Å²) >= 11 is 0. The molecule has 0 unspecified atom stereocenters. The van der Waals surface area contributed by atoms with E-state index >= 15 is 0 Å². The molecule has 0 amide bonds. The number of benzene rings is 2. The Hall–Kier alpha value is -3.04. The first-order valence-corrected chi connectivity index (χ1v) is 10.5. The van der Waals surface area contributed by atoms with Gasteiger partial charge in [0.25, 0.3) is 0 Å². The largest absolute Gasteiger partial charge is 0.499 e. The van der Waals surface area contributed by atoms with Crippen molar-refractivity contribution in [3.8, 4) is 11.3 Å². The molecule has 0 atom stereocenters. The topological polar surface area (TPSA) is 34.4 Å². The summed E-state index contributed by atoms with van der Waals surface area (Å²) in [4.78, 5) is 0. The van der Waals surface area contributed by atoms with E-state index in [0.717, 1.165) is 5.57 Å². The molecule has 3 heteroatoms. The summed E-state index contributed by atoms with van der Waals surface area (Å²) in [5, 5.41) is 10.1. The Morgan fingerprint density at radius 3 is 2.50 bits per heavy atom. The van der Waals surface area contributed by atoms with Crippen LogP contribution in [-0.2, 0) is 11.3 Å². The van der Waals surface area contributed by atoms with Crippen LogP contribution in [0.3, 0.4) is 0 Å². The molecule has 1 aromatic heterocycles. The zero-order chi connectivity index (χ0) is 21.9. The average molecular weight is 404 g/mol. The van der Waals surface area contributed by atoms with Gasteiger partial charge in [-0.2, -0.15) is 0 Å². The first-order chi connectivity index (χ1) is 14.7. The second kappa shape index (κ2) is 11.8. The maximum Gasteiger partial charge on any atom is 0.110 e. The molecule has 0 aliphatic carbocycles. The van der Waals surface area contributed by atoms with Gasteiger partial charge >= 0.3 is 0 Å². The van der Waals surface area contributed by atoms with Crippen LogP contribution in [0.1, 0.15) is 25.0 Å². The molecule has 1 N–H and O–H groups in total. The highest BCUT2D eigenvalue weighted by Gasteiger charge is 2.16. The molecule has 0 radical (unpaired) electrons. The zero-order valence-electron chi connectivity index (χ0n) is 18.6. The van der Waals surface area contributed by atoms with Gasteiger partial charge in [-0.25, -0.2) is 0 Å². The number of hydrogen-bond donors (Lipinski definition) is 1. The first kappa shape index (κ1) is 23.2. The van der Waals surface area contributed by atoms with Crippen molar-refractivity contribution in [3.63, 3.8) is 0 Å². The van der Waals surface area contributed by atoms with E-state index in [0.29, 0.717) is 13.2 Å². The van der Waals surface area contributed by atoms with Gasteiger partial charge in [0, 0.05) is 17.4 Å². The number of ether oxygens (including phenoxy) is 1.